The summed E-state index contributed by atoms with van der Waals surface area (Å²) in [7, 11) is 0. The number of hydrogen-bond donors (Lipinski definition) is 0. The zero-order valence-electron chi connectivity index (χ0n) is 51.9. The molecule has 0 fully saturated rings. The maximum atomic E-state index is 12.9. The molecule has 452 valence electrons. The van der Waals surface area contributed by atoms with Gasteiger partial charge in [0.05, 0.1) is 0 Å². The molecule has 1 unspecified atom stereocenters. The van der Waals surface area contributed by atoms with Gasteiger partial charge in [-0.25, -0.2) is 0 Å². The first-order valence-electron chi connectivity index (χ1n) is 33.9. The molecule has 0 aromatic heterocycles. The molecule has 0 aliphatic heterocycles. The minimum absolute atomic E-state index is 0.0873. The van der Waals surface area contributed by atoms with Gasteiger partial charge in [-0.1, -0.05) is 312 Å². The van der Waals surface area contributed by atoms with Crippen LogP contribution in [0.5, 0.6) is 0 Å². The number of esters is 3. The van der Waals surface area contributed by atoms with Gasteiger partial charge in [-0.2, -0.15) is 0 Å². The van der Waals surface area contributed by atoms with Gasteiger partial charge >= 0.3 is 17.9 Å². The summed E-state index contributed by atoms with van der Waals surface area (Å²) in [5.41, 5.74) is 0. The Balaban J connectivity index is 4.33. The fourth-order valence-corrected chi connectivity index (χ4v) is 9.88. The van der Waals surface area contributed by atoms with Gasteiger partial charge in [-0.15, -0.1) is 0 Å². The number of ether oxygens (including phenoxy) is 3. The number of unbranched alkanes of at least 4 members (excludes halogenated alkanes) is 39. The van der Waals surface area contributed by atoms with E-state index in [0.717, 1.165) is 89.9 Å². The number of allylic oxidation sites excluding steroid dienone is 12. The number of rotatable bonds is 62. The van der Waals surface area contributed by atoms with E-state index < -0.39 is 6.10 Å². The van der Waals surface area contributed by atoms with Crippen LogP contribution in [-0.4, -0.2) is 37.2 Å². The molecule has 0 spiro atoms. The predicted molar refractivity (Wildman–Crippen MR) is 339 cm³/mol. The van der Waals surface area contributed by atoms with Crippen LogP contribution in [0.25, 0.3) is 0 Å². The monoisotopic (exact) mass is 1090 g/mol. The average Bonchev–Trinajstić information content (AvgIpc) is 3.44. The summed E-state index contributed by atoms with van der Waals surface area (Å²) in [6, 6.07) is 0. The fourth-order valence-electron chi connectivity index (χ4n) is 9.88. The van der Waals surface area contributed by atoms with Crippen LogP contribution < -0.4 is 0 Å². The normalized spacial score (nSPS) is 12.5. The predicted octanol–water partition coefficient (Wildman–Crippen LogP) is 23.3. The van der Waals surface area contributed by atoms with E-state index in [2.05, 4.69) is 93.7 Å². The Kier molecular flexibility index (Phi) is 63.7. The molecule has 0 aromatic carbocycles. The summed E-state index contributed by atoms with van der Waals surface area (Å²) in [5, 5.41) is 0. The van der Waals surface area contributed by atoms with Crippen LogP contribution in [0.4, 0.5) is 0 Å². The third-order valence-corrected chi connectivity index (χ3v) is 14.9. The average molecular weight is 1090 g/mol. The molecule has 0 rings (SSSR count). The Morgan fingerprint density at radius 3 is 0.808 bits per heavy atom. The van der Waals surface area contributed by atoms with Crippen LogP contribution >= 0.6 is 0 Å². The highest BCUT2D eigenvalue weighted by molar-refractivity contribution is 5.71. The van der Waals surface area contributed by atoms with Gasteiger partial charge in [-0.3, -0.25) is 14.4 Å². The van der Waals surface area contributed by atoms with E-state index in [1.54, 1.807) is 0 Å². The van der Waals surface area contributed by atoms with Crippen molar-refractivity contribution < 1.29 is 28.6 Å². The first kappa shape index (κ1) is 74.8. The molecular formula is C72H128O6. The molecule has 0 bridgehead atoms. The van der Waals surface area contributed by atoms with Gasteiger partial charge in [-0.05, 0) is 89.9 Å². The van der Waals surface area contributed by atoms with Crippen molar-refractivity contribution in [3.63, 3.8) is 0 Å². The summed E-state index contributed by atoms with van der Waals surface area (Å²) >= 11 is 0. The molecule has 0 N–H and O–H groups in total. The van der Waals surface area contributed by atoms with Crippen molar-refractivity contribution in [2.75, 3.05) is 13.2 Å². The summed E-state index contributed by atoms with van der Waals surface area (Å²) in [6.45, 7) is 6.53. The highest BCUT2D eigenvalue weighted by Crippen LogP contribution is 2.18. The smallest absolute Gasteiger partial charge is 0.306 e. The molecule has 0 amide bonds. The number of hydrogen-bond acceptors (Lipinski definition) is 6. The molecule has 0 saturated heterocycles. The zero-order chi connectivity index (χ0) is 56.4. The molecular weight excluding hydrogens is 961 g/mol. The van der Waals surface area contributed by atoms with Gasteiger partial charge in [0.1, 0.15) is 13.2 Å². The summed E-state index contributed by atoms with van der Waals surface area (Å²) in [5.74, 6) is -0.916. The van der Waals surface area contributed by atoms with E-state index in [4.69, 9.17) is 14.2 Å². The van der Waals surface area contributed by atoms with Crippen LogP contribution in [0, 0.1) is 0 Å². The molecule has 1 atom stereocenters. The zero-order valence-corrected chi connectivity index (χ0v) is 51.9. The van der Waals surface area contributed by atoms with Gasteiger partial charge in [0, 0.05) is 19.3 Å². The Morgan fingerprint density at radius 2 is 0.500 bits per heavy atom. The third-order valence-electron chi connectivity index (χ3n) is 14.9. The second-order valence-corrected chi connectivity index (χ2v) is 22.7. The number of carbonyl (C=O) groups is 3. The molecule has 0 aromatic rings. The maximum absolute atomic E-state index is 12.9. The van der Waals surface area contributed by atoms with Crippen molar-refractivity contribution in [1.29, 1.82) is 0 Å². The quantitative estimate of drug-likeness (QED) is 0.0261. The minimum Gasteiger partial charge on any atom is -0.462 e. The summed E-state index contributed by atoms with van der Waals surface area (Å²) < 4.78 is 16.9. The third kappa shape index (κ3) is 63.7. The van der Waals surface area contributed by atoms with Crippen molar-refractivity contribution in [2.24, 2.45) is 0 Å². The fraction of sp³-hybridized carbons (Fsp3) is 0.792. The van der Waals surface area contributed by atoms with E-state index in [1.807, 2.05) is 0 Å². The lowest BCUT2D eigenvalue weighted by atomic mass is 10.0. The van der Waals surface area contributed by atoms with E-state index in [0.29, 0.717) is 19.3 Å². The first-order valence-corrected chi connectivity index (χ1v) is 33.9. The Labute approximate surface area is 484 Å². The number of carbonyl (C=O) groups excluding carboxylic acids is 3. The second kappa shape index (κ2) is 66.4. The van der Waals surface area contributed by atoms with Crippen LogP contribution in [0.1, 0.15) is 348 Å². The van der Waals surface area contributed by atoms with Gasteiger partial charge in [0.25, 0.3) is 0 Å². The van der Waals surface area contributed by atoms with Gasteiger partial charge < -0.3 is 14.2 Å². The van der Waals surface area contributed by atoms with Gasteiger partial charge in [0.2, 0.25) is 0 Å². The van der Waals surface area contributed by atoms with Crippen LogP contribution in [0.15, 0.2) is 72.9 Å². The first-order chi connectivity index (χ1) is 38.5. The molecule has 6 heteroatoms. The largest absolute Gasteiger partial charge is 0.462 e. The van der Waals surface area contributed by atoms with Crippen LogP contribution in [0.2, 0.25) is 0 Å². The van der Waals surface area contributed by atoms with Crippen molar-refractivity contribution in [2.45, 2.75) is 354 Å². The maximum Gasteiger partial charge on any atom is 0.306 e. The molecule has 0 aliphatic carbocycles. The highest BCUT2D eigenvalue weighted by atomic mass is 16.6. The van der Waals surface area contributed by atoms with Crippen LogP contribution in [0.3, 0.4) is 0 Å². The van der Waals surface area contributed by atoms with Crippen molar-refractivity contribution >= 4 is 17.9 Å². The molecule has 0 heterocycles. The standard InChI is InChI=1S/C72H128O6/c1-4-7-10-13-16-19-22-25-28-30-32-34-35-36-38-39-41-44-47-50-53-56-59-62-65-71(74)77-68-69(67-76-70(73)64-61-58-55-52-49-46-43-27-24-21-18-15-12-9-6-3)78-72(75)66-63-60-57-54-51-48-45-42-40-37-33-31-29-26-23-20-17-14-11-8-5-2/h9,12,18,21,23,26-27,31,33,43,49,52,69H,4-8,10-11,13-17,19-20,22,24-25,28-30,32,34-42,44-48,50-51,53-68H2,1-3H3/b12-9-,21-18-,26-23-,33-31-,43-27-,52-49-. The van der Waals surface area contributed by atoms with E-state index in [-0.39, 0.29) is 31.1 Å². The minimum atomic E-state index is -0.795. The SMILES string of the molecule is CC/C=C\C/C=C\C/C=C\C/C=C\CCCCC(=O)OCC(COC(=O)CCCCCCCCCCCCCCCCCCCCCCCCCC)OC(=O)CCCCCCCCCCC/C=C\C/C=C\CCCCCCC. The molecule has 0 radical (unpaired) electrons. The Hall–Kier alpha value is -3.15. The lowest BCUT2D eigenvalue weighted by Gasteiger charge is -2.18. The van der Waals surface area contributed by atoms with E-state index >= 15 is 0 Å². The summed E-state index contributed by atoms with van der Waals surface area (Å²) in [4.78, 5) is 38.4. The highest BCUT2D eigenvalue weighted by Gasteiger charge is 2.19. The van der Waals surface area contributed by atoms with Crippen molar-refractivity contribution in [1.82, 2.24) is 0 Å². The van der Waals surface area contributed by atoms with Crippen molar-refractivity contribution in [3.05, 3.63) is 72.9 Å². The lowest BCUT2D eigenvalue weighted by Crippen LogP contribution is -2.30. The van der Waals surface area contributed by atoms with E-state index in [1.165, 1.54) is 218 Å². The van der Waals surface area contributed by atoms with Crippen LogP contribution in [-0.2, 0) is 28.6 Å². The van der Waals surface area contributed by atoms with Gasteiger partial charge in [0.15, 0.2) is 6.10 Å². The second-order valence-electron chi connectivity index (χ2n) is 22.7. The lowest BCUT2D eigenvalue weighted by molar-refractivity contribution is -0.167. The molecule has 6 nitrogen and oxygen atoms in total. The topological polar surface area (TPSA) is 78.9 Å². The molecule has 0 aliphatic rings. The Morgan fingerprint density at radius 1 is 0.269 bits per heavy atom. The Bertz CT molecular complexity index is 1440. The summed E-state index contributed by atoms with van der Waals surface area (Å²) in [6.07, 6.45) is 86.4. The van der Waals surface area contributed by atoms with Crippen molar-refractivity contribution in [3.8, 4) is 0 Å². The molecule has 78 heavy (non-hydrogen) atoms. The van der Waals surface area contributed by atoms with E-state index in [9.17, 15) is 14.4 Å². The molecule has 0 saturated carbocycles.